The SMILES string of the molecule is Cc1ccc2c(c1Oc1c(Br)c(Cl)cc3c(N4CCC5(CC4)CN(C(=O)OC(C)(C)C)C5)nc(C4CCN(C)CC4)nc13)C=NC2. The highest BCUT2D eigenvalue weighted by molar-refractivity contribution is 9.10. The number of aliphatic imine (C=N–C) groups is 1. The van der Waals surface area contributed by atoms with Crippen molar-refractivity contribution in [1.82, 2.24) is 19.8 Å². The number of likely N-dealkylation sites (tertiary alicyclic amines) is 2. The van der Waals surface area contributed by atoms with E-state index in [-0.39, 0.29) is 17.4 Å². The lowest BCUT2D eigenvalue weighted by Gasteiger charge is -2.53. The van der Waals surface area contributed by atoms with Crippen molar-refractivity contribution in [3.8, 4) is 11.5 Å². The molecular formula is C35H42BrClN6O3. The molecule has 3 aromatic rings. The molecule has 46 heavy (non-hydrogen) atoms. The van der Waals surface area contributed by atoms with Crippen LogP contribution in [0, 0.1) is 12.3 Å². The van der Waals surface area contributed by atoms with Crippen molar-refractivity contribution in [2.45, 2.75) is 71.4 Å². The fourth-order valence-electron chi connectivity index (χ4n) is 7.20. The normalized spacial score (nSPS) is 19.9. The number of carbonyl (C=O) groups excluding carboxylic acids is 1. The maximum Gasteiger partial charge on any atom is 0.410 e. The molecule has 7 rings (SSSR count). The molecule has 4 aliphatic rings. The van der Waals surface area contributed by atoms with Crippen LogP contribution >= 0.6 is 27.5 Å². The summed E-state index contributed by atoms with van der Waals surface area (Å²) in [6, 6.07) is 6.18. The summed E-state index contributed by atoms with van der Waals surface area (Å²) in [4.78, 5) is 34.3. The first-order chi connectivity index (χ1) is 21.9. The average molecular weight is 710 g/mol. The maximum absolute atomic E-state index is 12.7. The zero-order valence-electron chi connectivity index (χ0n) is 27.3. The topological polar surface area (TPSA) is 83.4 Å². The van der Waals surface area contributed by atoms with Gasteiger partial charge in [-0.25, -0.2) is 14.8 Å². The molecule has 5 heterocycles. The molecule has 1 aromatic heterocycles. The number of fused-ring (bicyclic) bond motifs is 2. The van der Waals surface area contributed by atoms with Crippen LogP contribution in [0.1, 0.15) is 74.9 Å². The van der Waals surface area contributed by atoms with Crippen LogP contribution in [0.15, 0.2) is 27.7 Å². The Labute approximate surface area is 284 Å². The Balaban J connectivity index is 1.24. The molecule has 0 unspecified atom stereocenters. The third-order valence-corrected chi connectivity index (χ3v) is 11.2. The van der Waals surface area contributed by atoms with Crippen LogP contribution in [0.3, 0.4) is 0 Å². The maximum atomic E-state index is 12.7. The number of hydrogen-bond donors (Lipinski definition) is 0. The monoisotopic (exact) mass is 708 g/mol. The van der Waals surface area contributed by atoms with Gasteiger partial charge >= 0.3 is 6.09 Å². The average Bonchev–Trinajstić information content (AvgIpc) is 3.48. The van der Waals surface area contributed by atoms with Crippen LogP contribution in [0.25, 0.3) is 10.9 Å². The first-order valence-corrected chi connectivity index (χ1v) is 17.5. The molecule has 0 radical (unpaired) electrons. The van der Waals surface area contributed by atoms with Crippen LogP contribution in [-0.4, -0.2) is 84.0 Å². The summed E-state index contributed by atoms with van der Waals surface area (Å²) < 4.78 is 13.1. The number of halogens is 2. The van der Waals surface area contributed by atoms with Gasteiger partial charge in [0, 0.05) is 54.7 Å². The van der Waals surface area contributed by atoms with E-state index in [1.807, 2.05) is 38.0 Å². The number of rotatable bonds is 4. The number of aromatic nitrogens is 2. The van der Waals surface area contributed by atoms with Gasteiger partial charge in [-0.2, -0.15) is 0 Å². The van der Waals surface area contributed by atoms with E-state index < -0.39 is 5.60 Å². The molecule has 0 N–H and O–H groups in total. The van der Waals surface area contributed by atoms with E-state index >= 15 is 0 Å². The van der Waals surface area contributed by atoms with Gasteiger partial charge in [0.1, 0.15) is 28.5 Å². The lowest BCUT2D eigenvalue weighted by molar-refractivity contribution is -0.0434. The highest BCUT2D eigenvalue weighted by Gasteiger charge is 2.48. The number of nitrogens with zero attached hydrogens (tertiary/aromatic N) is 6. The molecule has 0 bridgehead atoms. The van der Waals surface area contributed by atoms with E-state index in [4.69, 9.17) is 31.0 Å². The summed E-state index contributed by atoms with van der Waals surface area (Å²) >= 11 is 10.7. The van der Waals surface area contributed by atoms with Crippen LogP contribution in [-0.2, 0) is 11.3 Å². The summed E-state index contributed by atoms with van der Waals surface area (Å²) in [5.74, 6) is 3.43. The Hall–Kier alpha value is -2.95. The third-order valence-electron chi connectivity index (χ3n) is 9.92. The van der Waals surface area contributed by atoms with Crippen molar-refractivity contribution < 1.29 is 14.3 Å². The smallest absolute Gasteiger partial charge is 0.410 e. The number of piperidine rings is 2. The number of carbonyl (C=O) groups is 1. The Bertz CT molecular complexity index is 1720. The molecule has 11 heteroatoms. The second-order valence-corrected chi connectivity index (χ2v) is 15.8. The van der Waals surface area contributed by atoms with Crippen molar-refractivity contribution >= 4 is 56.6 Å². The minimum Gasteiger partial charge on any atom is -0.453 e. The highest BCUT2D eigenvalue weighted by Crippen LogP contribution is 2.47. The van der Waals surface area contributed by atoms with Crippen LogP contribution in [0.4, 0.5) is 10.6 Å². The largest absolute Gasteiger partial charge is 0.453 e. The van der Waals surface area contributed by atoms with Crippen molar-refractivity contribution in [2.75, 3.05) is 51.2 Å². The highest BCUT2D eigenvalue weighted by atomic mass is 79.9. The second-order valence-electron chi connectivity index (χ2n) is 14.6. The summed E-state index contributed by atoms with van der Waals surface area (Å²) in [6.07, 6.45) is 5.66. The zero-order valence-corrected chi connectivity index (χ0v) is 29.7. The lowest BCUT2D eigenvalue weighted by Crippen LogP contribution is -2.62. The van der Waals surface area contributed by atoms with Gasteiger partial charge in [-0.05, 0) is 107 Å². The van der Waals surface area contributed by atoms with Crippen LogP contribution in [0.5, 0.6) is 11.5 Å². The molecule has 2 aromatic carbocycles. The first kappa shape index (κ1) is 31.6. The van der Waals surface area contributed by atoms with E-state index in [1.54, 1.807) is 0 Å². The lowest BCUT2D eigenvalue weighted by atomic mass is 9.72. The van der Waals surface area contributed by atoms with Gasteiger partial charge in [0.15, 0.2) is 5.75 Å². The minimum absolute atomic E-state index is 0.120. The summed E-state index contributed by atoms with van der Waals surface area (Å²) in [7, 11) is 2.17. The molecule has 4 aliphatic heterocycles. The van der Waals surface area contributed by atoms with Crippen molar-refractivity contribution in [3.05, 3.63) is 50.2 Å². The molecule has 0 atom stereocenters. The van der Waals surface area contributed by atoms with Gasteiger partial charge < -0.3 is 24.2 Å². The number of anilines is 1. The Morgan fingerprint density at radius 1 is 1.07 bits per heavy atom. The Morgan fingerprint density at radius 3 is 2.48 bits per heavy atom. The van der Waals surface area contributed by atoms with E-state index in [2.05, 4.69) is 56.8 Å². The molecule has 3 fully saturated rings. The molecule has 9 nitrogen and oxygen atoms in total. The molecule has 244 valence electrons. The van der Waals surface area contributed by atoms with Crippen LogP contribution in [0.2, 0.25) is 5.02 Å². The van der Waals surface area contributed by atoms with Crippen molar-refractivity contribution in [3.63, 3.8) is 0 Å². The van der Waals surface area contributed by atoms with E-state index in [0.717, 1.165) is 110 Å². The third kappa shape index (κ3) is 5.97. The van der Waals surface area contributed by atoms with Gasteiger partial charge in [-0.15, -0.1) is 0 Å². The molecule has 0 aliphatic carbocycles. The predicted octanol–water partition coefficient (Wildman–Crippen LogP) is 7.73. The number of aryl methyl sites for hydroxylation is 1. The van der Waals surface area contributed by atoms with Gasteiger partial charge in [0.05, 0.1) is 16.0 Å². The molecule has 1 spiro atoms. The molecule has 1 amide bonds. The fourth-order valence-corrected chi connectivity index (χ4v) is 7.77. The second kappa shape index (κ2) is 11.9. The first-order valence-electron chi connectivity index (χ1n) is 16.3. The number of ether oxygens (including phenoxy) is 2. The molecular weight excluding hydrogens is 668 g/mol. The van der Waals surface area contributed by atoms with Crippen LogP contribution < -0.4 is 9.64 Å². The quantitative estimate of drug-likeness (QED) is 0.274. The standard InChI is InChI=1S/C35H42BrClN6O3/c1-21-6-7-23-17-38-18-25(23)29(21)45-30-27(36)26(37)16-24-28(30)39-31(22-8-12-41(5)13-9-22)40-32(24)42-14-10-35(11-15-42)19-43(20-35)33(44)46-34(2,3)4/h6-7,16,18,22H,8-15,17,19-20H2,1-5H3. The number of amides is 1. The van der Waals surface area contributed by atoms with Gasteiger partial charge in [-0.1, -0.05) is 23.7 Å². The van der Waals surface area contributed by atoms with Gasteiger partial charge in [-0.3, -0.25) is 4.99 Å². The zero-order chi connectivity index (χ0) is 32.4. The number of hydrogen-bond acceptors (Lipinski definition) is 8. The number of benzene rings is 2. The van der Waals surface area contributed by atoms with Gasteiger partial charge in [0.25, 0.3) is 0 Å². The van der Waals surface area contributed by atoms with Crippen molar-refractivity contribution in [2.24, 2.45) is 10.4 Å². The predicted molar refractivity (Wildman–Crippen MR) is 186 cm³/mol. The van der Waals surface area contributed by atoms with Gasteiger partial charge in [0.2, 0.25) is 0 Å². The van der Waals surface area contributed by atoms with E-state index in [9.17, 15) is 4.79 Å². The van der Waals surface area contributed by atoms with E-state index in [0.29, 0.717) is 21.8 Å². The molecule has 0 saturated carbocycles. The fraction of sp³-hybridized carbons (Fsp3) is 0.543. The minimum atomic E-state index is -0.492. The van der Waals surface area contributed by atoms with Crippen molar-refractivity contribution in [1.29, 1.82) is 0 Å². The summed E-state index contributed by atoms with van der Waals surface area (Å²) in [5, 5.41) is 1.44. The summed E-state index contributed by atoms with van der Waals surface area (Å²) in [5.41, 5.74) is 3.57. The Morgan fingerprint density at radius 2 is 1.78 bits per heavy atom. The van der Waals surface area contributed by atoms with E-state index in [1.165, 1.54) is 0 Å². The Kier molecular flexibility index (Phi) is 8.21. The summed E-state index contributed by atoms with van der Waals surface area (Å²) in [6.45, 7) is 13.6. The molecule has 3 saturated heterocycles.